The van der Waals surface area contributed by atoms with E-state index >= 15 is 0 Å². The molecule has 0 aliphatic carbocycles. The highest BCUT2D eigenvalue weighted by molar-refractivity contribution is 7.86. The van der Waals surface area contributed by atoms with Gasteiger partial charge >= 0.3 is 0 Å². The van der Waals surface area contributed by atoms with Crippen LogP contribution in [0, 0.1) is 16.2 Å². The number of hydrogen-bond donors (Lipinski definition) is 3. The second kappa shape index (κ2) is 10.5. The Morgan fingerprint density at radius 3 is 1.50 bits per heavy atom. The van der Waals surface area contributed by atoms with Gasteiger partial charge in [-0.1, -0.05) is 119 Å². The fraction of sp³-hybridized carbons (Fsp3) is 0.600. The van der Waals surface area contributed by atoms with Gasteiger partial charge in [-0.3, -0.25) is 4.55 Å². The number of phenols is 1. The Labute approximate surface area is 219 Å². The Balaban J connectivity index is 0.000000369. The lowest BCUT2D eigenvalue weighted by Crippen LogP contribution is -2.50. The van der Waals surface area contributed by atoms with Crippen LogP contribution in [0.4, 0.5) is 0 Å². The van der Waals surface area contributed by atoms with Gasteiger partial charge in [0.25, 0.3) is 10.1 Å². The molecule has 0 saturated carbocycles. The van der Waals surface area contributed by atoms with Crippen LogP contribution in [0.15, 0.2) is 47.4 Å². The van der Waals surface area contributed by atoms with Gasteiger partial charge in [0.15, 0.2) is 0 Å². The van der Waals surface area contributed by atoms with Crippen molar-refractivity contribution in [3.8, 4) is 5.75 Å². The third-order valence-electron chi connectivity index (χ3n) is 6.34. The summed E-state index contributed by atoms with van der Waals surface area (Å²) in [4.78, 5) is -0.430. The van der Waals surface area contributed by atoms with Crippen LogP contribution in [0.5, 0.6) is 5.75 Å². The number of aliphatic hydroxyl groups is 1. The SMILES string of the molecule is CC(C)(C)C(O)(c1ccccc1)C(C)(C)C.CC(C)(C)Cc1ccc(S(=O)(=O)O)c(O)c1C(C)(C)C. The van der Waals surface area contributed by atoms with Gasteiger partial charge in [0.2, 0.25) is 0 Å². The normalized spacial score (nSPS) is 13.7. The van der Waals surface area contributed by atoms with Gasteiger partial charge in [0, 0.05) is 5.56 Å². The molecule has 0 saturated heterocycles. The second-order valence-electron chi connectivity index (χ2n) is 14.0. The molecule has 6 heteroatoms. The molecular weight excluding hydrogens is 472 g/mol. The highest BCUT2D eigenvalue weighted by atomic mass is 32.2. The largest absolute Gasteiger partial charge is 0.506 e. The van der Waals surface area contributed by atoms with Crippen molar-refractivity contribution in [2.75, 3.05) is 0 Å². The first kappa shape index (κ1) is 32.1. The molecule has 0 aliphatic heterocycles. The van der Waals surface area contributed by atoms with Gasteiger partial charge in [-0.25, -0.2) is 0 Å². The van der Waals surface area contributed by atoms with Crippen molar-refractivity contribution in [1.29, 1.82) is 0 Å². The molecule has 5 nitrogen and oxygen atoms in total. The molecule has 0 fully saturated rings. The average molecular weight is 521 g/mol. The Morgan fingerprint density at radius 2 is 1.17 bits per heavy atom. The predicted molar refractivity (Wildman–Crippen MR) is 149 cm³/mol. The molecule has 3 N–H and O–H groups in total. The summed E-state index contributed by atoms with van der Waals surface area (Å²) in [5.41, 5.74) is 0.810. The van der Waals surface area contributed by atoms with E-state index in [0.717, 1.165) is 11.1 Å². The number of phenolic OH excluding ortho intramolecular Hbond substituents is 1. The molecule has 0 unspecified atom stereocenters. The van der Waals surface area contributed by atoms with Crippen LogP contribution in [0.3, 0.4) is 0 Å². The molecule has 0 amide bonds. The standard InChI is InChI=1S/C15H24O4S.C15H24O/c1-14(2,3)9-10-7-8-11(20(17,18)19)13(16)12(10)15(4,5)6;1-13(2,3)15(16,14(4,5)6)12-10-8-7-9-11-12/h7-8,16H,9H2,1-6H3,(H,17,18,19);7-11,16H,1-6H3. The molecule has 2 rings (SSSR count). The lowest BCUT2D eigenvalue weighted by Gasteiger charge is -2.50. The second-order valence-corrected chi connectivity index (χ2v) is 15.4. The van der Waals surface area contributed by atoms with Crippen LogP contribution in [-0.4, -0.2) is 23.2 Å². The summed E-state index contributed by atoms with van der Waals surface area (Å²) in [5.74, 6) is -0.346. The Hall–Kier alpha value is -1.89. The lowest BCUT2D eigenvalue weighted by molar-refractivity contribution is -0.145. The number of benzene rings is 2. The van der Waals surface area contributed by atoms with E-state index in [1.807, 2.05) is 51.1 Å². The Morgan fingerprint density at radius 1 is 0.722 bits per heavy atom. The first-order valence-electron chi connectivity index (χ1n) is 12.4. The van der Waals surface area contributed by atoms with Crippen LogP contribution in [0.1, 0.15) is 99.8 Å². The van der Waals surface area contributed by atoms with E-state index < -0.39 is 26.0 Å². The van der Waals surface area contributed by atoms with Crippen molar-refractivity contribution < 1.29 is 23.2 Å². The molecule has 0 atom stereocenters. The molecule has 0 bridgehead atoms. The molecular formula is C30H48O5S. The van der Waals surface area contributed by atoms with Crippen LogP contribution in [0.2, 0.25) is 0 Å². The average Bonchev–Trinajstić information content (AvgIpc) is 2.63. The molecule has 204 valence electrons. The molecule has 0 heterocycles. The highest BCUT2D eigenvalue weighted by Gasteiger charge is 2.50. The summed E-state index contributed by atoms with van der Waals surface area (Å²) in [7, 11) is -4.43. The zero-order chi connectivity index (χ0) is 28.5. The predicted octanol–water partition coefficient (Wildman–Crippen LogP) is 7.49. The smallest absolute Gasteiger partial charge is 0.298 e. The molecule has 2 aromatic rings. The van der Waals surface area contributed by atoms with E-state index in [1.165, 1.54) is 6.07 Å². The van der Waals surface area contributed by atoms with Gasteiger partial charge in [-0.05, 0) is 45.3 Å². The van der Waals surface area contributed by atoms with Crippen molar-refractivity contribution in [3.63, 3.8) is 0 Å². The summed E-state index contributed by atoms with van der Waals surface area (Å²) < 4.78 is 31.8. The fourth-order valence-electron chi connectivity index (χ4n) is 5.05. The van der Waals surface area contributed by atoms with E-state index in [9.17, 15) is 23.2 Å². The maximum atomic E-state index is 11.3. The van der Waals surface area contributed by atoms with E-state index in [2.05, 4.69) is 62.3 Å². The number of rotatable bonds is 3. The zero-order valence-electron chi connectivity index (χ0n) is 24.3. The van der Waals surface area contributed by atoms with E-state index in [-0.39, 0.29) is 22.0 Å². The van der Waals surface area contributed by atoms with E-state index in [4.69, 9.17) is 0 Å². The molecule has 0 aliphatic rings. The van der Waals surface area contributed by atoms with Crippen LogP contribution in [0.25, 0.3) is 0 Å². The maximum absolute atomic E-state index is 11.3. The summed E-state index contributed by atoms with van der Waals surface area (Å²) >= 11 is 0. The fourth-order valence-corrected chi connectivity index (χ4v) is 5.63. The van der Waals surface area contributed by atoms with E-state index in [1.54, 1.807) is 6.07 Å². The van der Waals surface area contributed by atoms with Gasteiger partial charge in [0.1, 0.15) is 10.6 Å². The molecule has 36 heavy (non-hydrogen) atoms. The minimum Gasteiger partial charge on any atom is -0.506 e. The van der Waals surface area contributed by atoms with Gasteiger partial charge < -0.3 is 10.2 Å². The van der Waals surface area contributed by atoms with Crippen molar-refractivity contribution in [1.82, 2.24) is 0 Å². The topological polar surface area (TPSA) is 94.8 Å². The van der Waals surface area contributed by atoms with Crippen molar-refractivity contribution >= 4 is 10.1 Å². The molecule has 2 aromatic carbocycles. The quantitative estimate of drug-likeness (QED) is 0.364. The zero-order valence-corrected chi connectivity index (χ0v) is 25.1. The summed E-state index contributed by atoms with van der Waals surface area (Å²) in [6.45, 7) is 24.5. The Kier molecular flexibility index (Phi) is 9.34. The lowest BCUT2D eigenvalue weighted by atomic mass is 9.59. The van der Waals surface area contributed by atoms with Gasteiger partial charge in [-0.15, -0.1) is 0 Å². The maximum Gasteiger partial charge on any atom is 0.298 e. The minimum absolute atomic E-state index is 0.00600. The highest BCUT2D eigenvalue weighted by Crippen LogP contribution is 2.51. The first-order valence-corrected chi connectivity index (χ1v) is 13.9. The molecule has 0 aromatic heterocycles. The van der Waals surface area contributed by atoms with Crippen LogP contribution in [-0.2, 0) is 27.6 Å². The summed E-state index contributed by atoms with van der Waals surface area (Å²) in [6.07, 6.45) is 0.707. The number of hydrogen-bond acceptors (Lipinski definition) is 4. The van der Waals surface area contributed by atoms with Crippen molar-refractivity contribution in [2.24, 2.45) is 16.2 Å². The summed E-state index contributed by atoms with van der Waals surface area (Å²) in [6, 6.07) is 12.9. The third-order valence-corrected chi connectivity index (χ3v) is 7.22. The van der Waals surface area contributed by atoms with Gasteiger partial charge in [0.05, 0.1) is 5.60 Å². The first-order chi connectivity index (χ1) is 15.8. The molecule has 0 radical (unpaired) electrons. The van der Waals surface area contributed by atoms with Crippen LogP contribution < -0.4 is 0 Å². The Bertz CT molecular complexity index is 1110. The molecule has 0 spiro atoms. The van der Waals surface area contributed by atoms with E-state index in [0.29, 0.717) is 12.0 Å². The summed E-state index contributed by atoms with van der Waals surface area (Å²) in [5, 5.41) is 21.5. The van der Waals surface area contributed by atoms with Crippen molar-refractivity contribution in [3.05, 3.63) is 59.2 Å². The van der Waals surface area contributed by atoms with Crippen LogP contribution >= 0.6 is 0 Å². The van der Waals surface area contributed by atoms with Crippen molar-refractivity contribution in [2.45, 2.75) is 105 Å². The number of aromatic hydroxyl groups is 1. The third kappa shape index (κ3) is 7.56. The van der Waals surface area contributed by atoms with Gasteiger partial charge in [-0.2, -0.15) is 8.42 Å². The minimum atomic E-state index is -4.43. The monoisotopic (exact) mass is 520 g/mol.